The molecule has 2 aromatic carbocycles. The summed E-state index contributed by atoms with van der Waals surface area (Å²) in [5.41, 5.74) is 3.00. The minimum atomic E-state index is -0.918. The summed E-state index contributed by atoms with van der Waals surface area (Å²) in [7, 11) is 1.65. The summed E-state index contributed by atoms with van der Waals surface area (Å²) in [5.74, 6) is -0.0685. The third-order valence-electron chi connectivity index (χ3n) is 3.39. The summed E-state index contributed by atoms with van der Waals surface area (Å²) >= 11 is 0. The Bertz CT molecular complexity index is 638. The molecule has 0 aliphatic rings. The number of carboxylic acids is 1. The van der Waals surface area contributed by atoms with Crippen LogP contribution < -0.4 is 10.1 Å². The molecule has 0 bridgehead atoms. The lowest BCUT2D eigenvalue weighted by Crippen LogP contribution is -2.11. The van der Waals surface area contributed by atoms with Gasteiger partial charge in [0.1, 0.15) is 5.75 Å². The highest BCUT2D eigenvalue weighted by atomic mass is 16.5. The lowest BCUT2D eigenvalue weighted by atomic mass is 10.1. The van der Waals surface area contributed by atoms with Gasteiger partial charge in [0.2, 0.25) is 0 Å². The highest BCUT2D eigenvalue weighted by Crippen LogP contribution is 2.22. The van der Waals surface area contributed by atoms with Crippen LogP contribution in [0.1, 0.15) is 21.5 Å². The summed E-state index contributed by atoms with van der Waals surface area (Å²) in [5, 5.41) is 12.5. The first-order valence-corrected chi connectivity index (χ1v) is 6.82. The molecule has 0 fully saturated rings. The van der Waals surface area contributed by atoms with Crippen molar-refractivity contribution in [3.05, 3.63) is 59.2 Å². The lowest BCUT2D eigenvalue weighted by Gasteiger charge is -2.13. The number of carboxylic acid groups (broad SMARTS) is 1. The van der Waals surface area contributed by atoms with Gasteiger partial charge in [0, 0.05) is 6.54 Å². The van der Waals surface area contributed by atoms with E-state index in [0.29, 0.717) is 17.8 Å². The molecular formula is C17H19NO3. The Morgan fingerprint density at radius 1 is 1.19 bits per heavy atom. The Labute approximate surface area is 124 Å². The molecule has 4 nitrogen and oxygen atoms in total. The van der Waals surface area contributed by atoms with E-state index in [1.165, 1.54) is 0 Å². The fourth-order valence-corrected chi connectivity index (χ4v) is 2.31. The molecule has 21 heavy (non-hydrogen) atoms. The molecule has 0 atom stereocenters. The summed E-state index contributed by atoms with van der Waals surface area (Å²) < 4.78 is 5.31. The summed E-state index contributed by atoms with van der Waals surface area (Å²) in [6.07, 6.45) is 0.761. The summed E-state index contributed by atoms with van der Waals surface area (Å²) in [4.78, 5) is 11.2. The Kier molecular flexibility index (Phi) is 4.82. The van der Waals surface area contributed by atoms with Crippen molar-refractivity contribution in [2.45, 2.75) is 13.3 Å². The maximum absolute atomic E-state index is 11.2. The van der Waals surface area contributed by atoms with E-state index in [0.717, 1.165) is 23.3 Å². The number of hydrogen-bond donors (Lipinski definition) is 2. The molecule has 0 aromatic heterocycles. The first kappa shape index (κ1) is 14.9. The maximum Gasteiger partial charge on any atom is 0.337 e. The molecule has 2 rings (SSSR count). The zero-order chi connectivity index (χ0) is 15.2. The molecule has 0 aliphatic carbocycles. The number of nitrogens with one attached hydrogen (secondary N) is 1. The zero-order valence-corrected chi connectivity index (χ0v) is 12.2. The molecule has 0 saturated carbocycles. The van der Waals surface area contributed by atoms with Gasteiger partial charge < -0.3 is 15.2 Å². The average molecular weight is 285 g/mol. The Hall–Kier alpha value is -2.49. The van der Waals surface area contributed by atoms with Gasteiger partial charge in [0.15, 0.2) is 0 Å². The standard InChI is InChI=1S/C17H19NO3/c1-12-6-5-8-14(17(19)20)16(12)18-11-10-13-7-3-4-9-15(13)21-2/h3-9,18H,10-11H2,1-2H3,(H,19,20). The predicted molar refractivity (Wildman–Crippen MR) is 83.3 cm³/mol. The van der Waals surface area contributed by atoms with Crippen LogP contribution in [0.2, 0.25) is 0 Å². The third-order valence-corrected chi connectivity index (χ3v) is 3.39. The highest BCUT2D eigenvalue weighted by Gasteiger charge is 2.11. The first-order chi connectivity index (χ1) is 10.1. The molecule has 0 heterocycles. The molecule has 2 aromatic rings. The molecule has 110 valence electrons. The van der Waals surface area contributed by atoms with Crippen molar-refractivity contribution in [1.29, 1.82) is 0 Å². The van der Waals surface area contributed by atoms with E-state index in [9.17, 15) is 9.90 Å². The van der Waals surface area contributed by atoms with Gasteiger partial charge in [-0.3, -0.25) is 0 Å². The van der Waals surface area contributed by atoms with E-state index < -0.39 is 5.97 Å². The van der Waals surface area contributed by atoms with Crippen LogP contribution in [0.25, 0.3) is 0 Å². The number of para-hydroxylation sites is 2. The number of anilines is 1. The van der Waals surface area contributed by atoms with Crippen LogP contribution in [0.3, 0.4) is 0 Å². The zero-order valence-electron chi connectivity index (χ0n) is 12.2. The number of ether oxygens (including phenoxy) is 1. The highest BCUT2D eigenvalue weighted by molar-refractivity contribution is 5.95. The number of benzene rings is 2. The third kappa shape index (κ3) is 3.54. The van der Waals surface area contributed by atoms with Crippen molar-refractivity contribution in [1.82, 2.24) is 0 Å². The Morgan fingerprint density at radius 3 is 2.67 bits per heavy atom. The molecule has 0 spiro atoms. The van der Waals surface area contributed by atoms with E-state index in [-0.39, 0.29) is 0 Å². The molecule has 0 amide bonds. The quantitative estimate of drug-likeness (QED) is 0.854. The van der Waals surface area contributed by atoms with Gasteiger partial charge in [-0.15, -0.1) is 0 Å². The molecule has 2 N–H and O–H groups in total. The number of aryl methyl sites for hydroxylation is 1. The van der Waals surface area contributed by atoms with E-state index in [1.807, 2.05) is 37.3 Å². The topological polar surface area (TPSA) is 58.6 Å². The van der Waals surface area contributed by atoms with Crippen LogP contribution in [-0.2, 0) is 6.42 Å². The second-order valence-electron chi connectivity index (χ2n) is 4.79. The van der Waals surface area contributed by atoms with Crippen molar-refractivity contribution < 1.29 is 14.6 Å². The molecule has 0 saturated heterocycles. The molecular weight excluding hydrogens is 266 g/mol. The number of carbonyl (C=O) groups is 1. The smallest absolute Gasteiger partial charge is 0.337 e. The Balaban J connectivity index is 2.09. The van der Waals surface area contributed by atoms with Crippen LogP contribution in [0, 0.1) is 6.92 Å². The van der Waals surface area contributed by atoms with Crippen molar-refractivity contribution in [2.24, 2.45) is 0 Å². The van der Waals surface area contributed by atoms with Crippen LogP contribution >= 0.6 is 0 Å². The SMILES string of the molecule is COc1ccccc1CCNc1c(C)cccc1C(=O)O. The minimum absolute atomic E-state index is 0.301. The normalized spacial score (nSPS) is 10.2. The second kappa shape index (κ2) is 6.79. The van der Waals surface area contributed by atoms with Gasteiger partial charge in [-0.1, -0.05) is 30.3 Å². The molecule has 0 radical (unpaired) electrons. The van der Waals surface area contributed by atoms with Gasteiger partial charge in [0.25, 0.3) is 0 Å². The van der Waals surface area contributed by atoms with Crippen molar-refractivity contribution >= 4 is 11.7 Å². The molecule has 0 aliphatic heterocycles. The first-order valence-electron chi connectivity index (χ1n) is 6.82. The fraction of sp³-hybridized carbons (Fsp3) is 0.235. The molecule has 0 unspecified atom stereocenters. The predicted octanol–water partition coefficient (Wildman–Crippen LogP) is 3.36. The van der Waals surface area contributed by atoms with Crippen molar-refractivity contribution in [3.63, 3.8) is 0 Å². The van der Waals surface area contributed by atoms with E-state index in [2.05, 4.69) is 5.32 Å². The van der Waals surface area contributed by atoms with E-state index >= 15 is 0 Å². The van der Waals surface area contributed by atoms with Gasteiger partial charge in [-0.25, -0.2) is 4.79 Å². The summed E-state index contributed by atoms with van der Waals surface area (Å²) in [6, 6.07) is 13.1. The van der Waals surface area contributed by atoms with Crippen LogP contribution in [0.15, 0.2) is 42.5 Å². The number of methoxy groups -OCH3 is 1. The van der Waals surface area contributed by atoms with Crippen molar-refractivity contribution in [3.8, 4) is 5.75 Å². The van der Waals surface area contributed by atoms with Gasteiger partial charge in [0.05, 0.1) is 18.4 Å². The fourth-order valence-electron chi connectivity index (χ4n) is 2.31. The van der Waals surface area contributed by atoms with Crippen LogP contribution in [-0.4, -0.2) is 24.7 Å². The molecule has 4 heteroatoms. The number of rotatable bonds is 6. The van der Waals surface area contributed by atoms with Gasteiger partial charge >= 0.3 is 5.97 Å². The number of hydrogen-bond acceptors (Lipinski definition) is 3. The maximum atomic E-state index is 11.2. The average Bonchev–Trinajstić information content (AvgIpc) is 2.49. The van der Waals surface area contributed by atoms with E-state index in [1.54, 1.807) is 19.2 Å². The number of aromatic carboxylic acids is 1. The van der Waals surface area contributed by atoms with E-state index in [4.69, 9.17) is 4.74 Å². The van der Waals surface area contributed by atoms with Crippen molar-refractivity contribution in [2.75, 3.05) is 19.0 Å². The second-order valence-corrected chi connectivity index (χ2v) is 4.79. The Morgan fingerprint density at radius 2 is 1.95 bits per heavy atom. The van der Waals surface area contributed by atoms with Crippen LogP contribution in [0.5, 0.6) is 5.75 Å². The largest absolute Gasteiger partial charge is 0.496 e. The lowest BCUT2D eigenvalue weighted by molar-refractivity contribution is 0.0698. The summed E-state index contributed by atoms with van der Waals surface area (Å²) in [6.45, 7) is 2.55. The van der Waals surface area contributed by atoms with Gasteiger partial charge in [-0.05, 0) is 36.6 Å². The van der Waals surface area contributed by atoms with Crippen LogP contribution in [0.4, 0.5) is 5.69 Å². The monoisotopic (exact) mass is 285 g/mol. The minimum Gasteiger partial charge on any atom is -0.496 e. The van der Waals surface area contributed by atoms with Gasteiger partial charge in [-0.2, -0.15) is 0 Å².